The Morgan fingerprint density at radius 2 is 1.93 bits per heavy atom. The number of hydrogen-bond donors (Lipinski definition) is 1. The minimum Gasteiger partial charge on any atom is -0.493 e. The molecule has 0 saturated carbocycles. The number of hydrogen-bond acceptors (Lipinski definition) is 4. The summed E-state index contributed by atoms with van der Waals surface area (Å²) in [6.45, 7) is 1.08. The van der Waals surface area contributed by atoms with E-state index in [-0.39, 0.29) is 18.1 Å². The minimum atomic E-state index is -0.743. The van der Waals surface area contributed by atoms with Crippen LogP contribution in [0.1, 0.15) is 65.1 Å². The Hall–Kier alpha value is -2.82. The first kappa shape index (κ1) is 19.5. The largest absolute Gasteiger partial charge is 0.493 e. The number of Topliss-reactive ketones (excluding diaryl/α,β-unsaturated/α-hetero) is 1. The van der Waals surface area contributed by atoms with Gasteiger partial charge in [-0.3, -0.25) is 9.59 Å². The molecule has 2 aromatic carbocycles. The van der Waals surface area contributed by atoms with Crippen molar-refractivity contribution in [2.45, 2.75) is 50.9 Å². The quantitative estimate of drug-likeness (QED) is 0.665. The molecule has 0 aliphatic heterocycles. The number of carboxylic acids is 1. The van der Waals surface area contributed by atoms with Crippen molar-refractivity contribution in [2.75, 3.05) is 13.2 Å². The lowest BCUT2D eigenvalue weighted by atomic mass is 9.90. The molecule has 1 atom stereocenters. The van der Waals surface area contributed by atoms with E-state index in [1.54, 1.807) is 0 Å². The van der Waals surface area contributed by atoms with Gasteiger partial charge in [0.25, 0.3) is 0 Å². The molecule has 29 heavy (non-hydrogen) atoms. The third kappa shape index (κ3) is 4.44. The van der Waals surface area contributed by atoms with E-state index in [1.165, 1.54) is 5.56 Å². The molecule has 0 unspecified atom stereocenters. The number of carboxylic acid groups (broad SMARTS) is 1. The summed E-state index contributed by atoms with van der Waals surface area (Å²) in [5.41, 5.74) is 4.20. The smallest absolute Gasteiger partial charge is 0.303 e. The predicted octanol–water partition coefficient (Wildman–Crippen LogP) is 4.56. The molecule has 152 valence electrons. The molecule has 5 nitrogen and oxygen atoms in total. The van der Waals surface area contributed by atoms with E-state index in [1.807, 2.05) is 36.4 Å². The maximum atomic E-state index is 12.0. The van der Waals surface area contributed by atoms with Gasteiger partial charge in [-0.15, -0.1) is 0 Å². The minimum absolute atomic E-state index is 0.119. The average Bonchev–Trinajstić information content (AvgIpc) is 3.10. The van der Waals surface area contributed by atoms with Crippen LogP contribution in [0.4, 0.5) is 0 Å². The lowest BCUT2D eigenvalue weighted by Gasteiger charge is -2.18. The van der Waals surface area contributed by atoms with Gasteiger partial charge in [0.2, 0.25) is 0 Å². The molecule has 0 amide bonds. The summed E-state index contributed by atoms with van der Waals surface area (Å²) in [4.78, 5) is 23.0. The highest BCUT2D eigenvalue weighted by Gasteiger charge is 2.25. The van der Waals surface area contributed by atoms with E-state index in [9.17, 15) is 9.59 Å². The fraction of sp³-hybridized carbons (Fsp3) is 0.417. The predicted molar refractivity (Wildman–Crippen MR) is 109 cm³/mol. The van der Waals surface area contributed by atoms with Gasteiger partial charge in [0, 0.05) is 24.0 Å². The first-order valence-electron chi connectivity index (χ1n) is 10.4. The number of benzene rings is 2. The topological polar surface area (TPSA) is 72.8 Å². The van der Waals surface area contributed by atoms with Gasteiger partial charge in [-0.25, -0.2) is 0 Å². The standard InChI is InChI=1S/C24H26O5/c25-22-6-1-5-21-20(22)4-2-7-23(21)29-13-3-12-28-18-10-11-19-16(14-18)8-9-17(19)15-24(26)27/h2,4,7,10-11,14,17H,1,3,5-6,8-9,12-13,15H2,(H,26,27)/t17-/m0/s1. The lowest BCUT2D eigenvalue weighted by Crippen LogP contribution is -2.13. The monoisotopic (exact) mass is 394 g/mol. The second-order valence-electron chi connectivity index (χ2n) is 7.80. The molecule has 0 saturated heterocycles. The molecule has 0 bridgehead atoms. The first-order chi connectivity index (χ1) is 14.1. The van der Waals surface area contributed by atoms with E-state index >= 15 is 0 Å². The molecule has 2 aromatic rings. The molecule has 4 rings (SSSR count). The van der Waals surface area contributed by atoms with Crippen LogP contribution in [0.15, 0.2) is 36.4 Å². The fourth-order valence-corrected chi connectivity index (χ4v) is 4.41. The molecule has 0 spiro atoms. The molecular weight excluding hydrogens is 368 g/mol. The van der Waals surface area contributed by atoms with Crippen molar-refractivity contribution in [1.29, 1.82) is 0 Å². The highest BCUT2D eigenvalue weighted by Crippen LogP contribution is 2.37. The summed E-state index contributed by atoms with van der Waals surface area (Å²) >= 11 is 0. The Balaban J connectivity index is 1.26. The van der Waals surface area contributed by atoms with Gasteiger partial charge in [0.05, 0.1) is 19.6 Å². The number of rotatable bonds is 8. The maximum absolute atomic E-state index is 12.0. The van der Waals surface area contributed by atoms with Gasteiger partial charge in [-0.1, -0.05) is 18.2 Å². The van der Waals surface area contributed by atoms with E-state index in [4.69, 9.17) is 14.6 Å². The zero-order valence-corrected chi connectivity index (χ0v) is 16.5. The van der Waals surface area contributed by atoms with Crippen LogP contribution >= 0.6 is 0 Å². The second kappa shape index (κ2) is 8.68. The SMILES string of the molecule is O=C(O)C[C@@H]1CCc2cc(OCCCOc3cccc4c3CCCC4=O)ccc21. The normalized spacial score (nSPS) is 17.5. The average molecular weight is 394 g/mol. The van der Waals surface area contributed by atoms with Crippen molar-refractivity contribution in [3.63, 3.8) is 0 Å². The summed E-state index contributed by atoms with van der Waals surface area (Å²) in [7, 11) is 0. The van der Waals surface area contributed by atoms with Gasteiger partial charge < -0.3 is 14.6 Å². The van der Waals surface area contributed by atoms with Crippen molar-refractivity contribution in [2.24, 2.45) is 0 Å². The van der Waals surface area contributed by atoms with Crippen LogP contribution in [-0.4, -0.2) is 30.1 Å². The number of carbonyl (C=O) groups excluding carboxylic acids is 1. The van der Waals surface area contributed by atoms with Crippen LogP contribution in [0.25, 0.3) is 0 Å². The highest BCUT2D eigenvalue weighted by atomic mass is 16.5. The Labute approximate surface area is 170 Å². The number of ether oxygens (including phenoxy) is 2. The number of aliphatic carboxylic acids is 1. The zero-order valence-electron chi connectivity index (χ0n) is 16.5. The number of carbonyl (C=O) groups is 2. The number of aryl methyl sites for hydroxylation is 1. The molecule has 1 N–H and O–H groups in total. The van der Waals surface area contributed by atoms with Gasteiger partial charge in [0.1, 0.15) is 11.5 Å². The van der Waals surface area contributed by atoms with Crippen LogP contribution in [0, 0.1) is 0 Å². The third-order valence-electron chi connectivity index (χ3n) is 5.82. The molecule has 0 heterocycles. The van der Waals surface area contributed by atoms with Crippen molar-refractivity contribution in [3.8, 4) is 11.5 Å². The Morgan fingerprint density at radius 3 is 2.79 bits per heavy atom. The van der Waals surface area contributed by atoms with E-state index in [0.717, 1.165) is 60.3 Å². The molecular formula is C24H26O5. The summed E-state index contributed by atoms with van der Waals surface area (Å²) in [5, 5.41) is 9.03. The Bertz CT molecular complexity index is 917. The first-order valence-corrected chi connectivity index (χ1v) is 10.4. The fourth-order valence-electron chi connectivity index (χ4n) is 4.41. The highest BCUT2D eigenvalue weighted by molar-refractivity contribution is 5.99. The maximum Gasteiger partial charge on any atom is 0.303 e. The number of ketones is 1. The second-order valence-corrected chi connectivity index (χ2v) is 7.80. The van der Waals surface area contributed by atoms with Gasteiger partial charge >= 0.3 is 5.97 Å². The third-order valence-corrected chi connectivity index (χ3v) is 5.82. The van der Waals surface area contributed by atoms with E-state index in [0.29, 0.717) is 19.6 Å². The van der Waals surface area contributed by atoms with Crippen LogP contribution in [0.3, 0.4) is 0 Å². The van der Waals surface area contributed by atoms with Crippen LogP contribution in [-0.2, 0) is 17.6 Å². The van der Waals surface area contributed by atoms with Crippen molar-refractivity contribution in [3.05, 3.63) is 58.7 Å². The number of fused-ring (bicyclic) bond motifs is 2. The van der Waals surface area contributed by atoms with E-state index in [2.05, 4.69) is 0 Å². The summed E-state index contributed by atoms with van der Waals surface area (Å²) in [6, 6.07) is 11.7. The lowest BCUT2D eigenvalue weighted by molar-refractivity contribution is -0.137. The van der Waals surface area contributed by atoms with Crippen LogP contribution < -0.4 is 9.47 Å². The summed E-state index contributed by atoms with van der Waals surface area (Å²) in [6.07, 6.45) is 5.15. The molecule has 0 fully saturated rings. The Morgan fingerprint density at radius 1 is 1.07 bits per heavy atom. The van der Waals surface area contributed by atoms with E-state index < -0.39 is 5.97 Å². The Kier molecular flexibility index (Phi) is 5.84. The summed E-state index contributed by atoms with van der Waals surface area (Å²) in [5.74, 6) is 1.23. The van der Waals surface area contributed by atoms with Crippen molar-refractivity contribution >= 4 is 11.8 Å². The van der Waals surface area contributed by atoms with Crippen molar-refractivity contribution in [1.82, 2.24) is 0 Å². The van der Waals surface area contributed by atoms with Gasteiger partial charge in [-0.05, 0) is 60.9 Å². The molecule has 2 aliphatic carbocycles. The van der Waals surface area contributed by atoms with Crippen LogP contribution in [0.2, 0.25) is 0 Å². The van der Waals surface area contributed by atoms with Gasteiger partial charge in [-0.2, -0.15) is 0 Å². The van der Waals surface area contributed by atoms with Crippen molar-refractivity contribution < 1.29 is 24.2 Å². The summed E-state index contributed by atoms with van der Waals surface area (Å²) < 4.78 is 11.8. The van der Waals surface area contributed by atoms with Crippen LogP contribution in [0.5, 0.6) is 11.5 Å². The van der Waals surface area contributed by atoms with Gasteiger partial charge in [0.15, 0.2) is 5.78 Å². The molecule has 0 aromatic heterocycles. The zero-order chi connectivity index (χ0) is 20.2. The molecule has 0 radical (unpaired) electrons. The molecule has 2 aliphatic rings. The molecule has 5 heteroatoms.